The van der Waals surface area contributed by atoms with Gasteiger partial charge in [0.2, 0.25) is 0 Å². The lowest BCUT2D eigenvalue weighted by Crippen LogP contribution is -2.23. The number of hydrogen-bond acceptors (Lipinski definition) is 3. The van der Waals surface area contributed by atoms with E-state index in [-0.39, 0.29) is 6.04 Å². The Balaban J connectivity index is 2.43. The van der Waals surface area contributed by atoms with Gasteiger partial charge in [-0.15, -0.1) is 0 Å². The highest BCUT2D eigenvalue weighted by atomic mass is 79.9. The van der Waals surface area contributed by atoms with Crippen molar-refractivity contribution in [2.24, 2.45) is 0 Å². The molecular formula is C14H16BrCl2N3O. The van der Waals surface area contributed by atoms with Gasteiger partial charge in [0.25, 0.3) is 0 Å². The van der Waals surface area contributed by atoms with E-state index in [1.165, 1.54) is 0 Å². The van der Waals surface area contributed by atoms with Crippen molar-refractivity contribution in [3.63, 3.8) is 0 Å². The predicted octanol–water partition coefficient (Wildman–Crippen LogP) is 3.91. The average Bonchev–Trinajstić information content (AvgIpc) is 2.78. The molecule has 1 aromatic heterocycles. The van der Waals surface area contributed by atoms with E-state index in [1.54, 1.807) is 13.3 Å². The molecule has 2 aromatic rings. The topological polar surface area (TPSA) is 39.1 Å². The maximum atomic E-state index is 6.32. The van der Waals surface area contributed by atoms with Crippen LogP contribution in [0.25, 0.3) is 0 Å². The number of halogens is 3. The van der Waals surface area contributed by atoms with E-state index < -0.39 is 0 Å². The molecule has 1 N–H and O–H groups in total. The Bertz CT molecular complexity index is 598. The first kappa shape index (κ1) is 16.8. The Hall–Kier alpha value is -0.590. The molecule has 1 unspecified atom stereocenters. The van der Waals surface area contributed by atoms with Crippen molar-refractivity contribution >= 4 is 39.1 Å². The van der Waals surface area contributed by atoms with Gasteiger partial charge < -0.3 is 10.1 Å². The molecule has 21 heavy (non-hydrogen) atoms. The third-order valence-electron chi connectivity index (χ3n) is 3.12. The minimum atomic E-state index is -0.105. The van der Waals surface area contributed by atoms with Gasteiger partial charge in [0.05, 0.1) is 36.1 Å². The quantitative estimate of drug-likeness (QED) is 0.809. The van der Waals surface area contributed by atoms with Crippen LogP contribution in [-0.4, -0.2) is 30.5 Å². The number of nitrogens with one attached hydrogen (secondary N) is 1. The van der Waals surface area contributed by atoms with Gasteiger partial charge in [0.1, 0.15) is 0 Å². The van der Waals surface area contributed by atoms with E-state index in [2.05, 4.69) is 26.3 Å². The fraction of sp³-hybridized carbons (Fsp3) is 0.357. The molecule has 2 rings (SSSR count). The SMILES string of the molecule is CNC(c1cc(Cl)cc(Br)c1)c1c(Cl)cnn1CCOC. The Morgan fingerprint density at radius 2 is 2.14 bits per heavy atom. The zero-order valence-electron chi connectivity index (χ0n) is 11.7. The third-order valence-corrected chi connectivity index (χ3v) is 4.09. The molecule has 4 nitrogen and oxygen atoms in total. The Morgan fingerprint density at radius 3 is 2.76 bits per heavy atom. The van der Waals surface area contributed by atoms with Gasteiger partial charge in [0, 0.05) is 16.6 Å². The zero-order valence-corrected chi connectivity index (χ0v) is 14.8. The molecule has 0 saturated heterocycles. The Labute approximate surface area is 142 Å². The van der Waals surface area contributed by atoms with Gasteiger partial charge in [0.15, 0.2) is 0 Å². The monoisotopic (exact) mass is 391 g/mol. The molecule has 0 bridgehead atoms. The minimum Gasteiger partial charge on any atom is -0.383 e. The maximum Gasteiger partial charge on any atom is 0.0837 e. The van der Waals surface area contributed by atoms with Gasteiger partial charge in [-0.2, -0.15) is 5.10 Å². The van der Waals surface area contributed by atoms with Crippen LogP contribution in [0.1, 0.15) is 17.3 Å². The second kappa shape index (κ2) is 7.61. The van der Waals surface area contributed by atoms with E-state index >= 15 is 0 Å². The minimum absolute atomic E-state index is 0.105. The lowest BCUT2D eigenvalue weighted by Gasteiger charge is -2.20. The standard InChI is InChI=1S/C14H16BrCl2N3O/c1-18-13(9-5-10(15)7-11(16)6-9)14-12(17)8-19-20(14)3-4-21-2/h5-8,13,18H,3-4H2,1-2H3. The predicted molar refractivity (Wildman–Crippen MR) is 89.2 cm³/mol. The molecule has 114 valence electrons. The van der Waals surface area contributed by atoms with Gasteiger partial charge in [-0.3, -0.25) is 4.68 Å². The van der Waals surface area contributed by atoms with Crippen LogP contribution in [0.2, 0.25) is 10.0 Å². The summed E-state index contributed by atoms with van der Waals surface area (Å²) in [6.07, 6.45) is 1.65. The largest absolute Gasteiger partial charge is 0.383 e. The molecule has 0 radical (unpaired) electrons. The fourth-order valence-corrected chi connectivity index (χ4v) is 3.35. The number of methoxy groups -OCH3 is 1. The normalized spacial score (nSPS) is 12.6. The summed E-state index contributed by atoms with van der Waals surface area (Å²) in [4.78, 5) is 0. The number of benzene rings is 1. The van der Waals surface area contributed by atoms with Crippen LogP contribution in [0.4, 0.5) is 0 Å². The zero-order chi connectivity index (χ0) is 15.4. The summed E-state index contributed by atoms with van der Waals surface area (Å²) in [6.45, 7) is 1.21. The van der Waals surface area contributed by atoms with Crippen molar-refractivity contribution in [2.45, 2.75) is 12.6 Å². The highest BCUT2D eigenvalue weighted by Crippen LogP contribution is 2.31. The highest BCUT2D eigenvalue weighted by Gasteiger charge is 2.21. The summed E-state index contributed by atoms with van der Waals surface area (Å²) in [5.41, 5.74) is 1.91. The van der Waals surface area contributed by atoms with Crippen LogP contribution in [-0.2, 0) is 11.3 Å². The number of aromatic nitrogens is 2. The van der Waals surface area contributed by atoms with E-state index in [0.29, 0.717) is 23.2 Å². The molecule has 0 spiro atoms. The molecule has 7 heteroatoms. The van der Waals surface area contributed by atoms with Gasteiger partial charge in [-0.25, -0.2) is 0 Å². The molecule has 0 fully saturated rings. The van der Waals surface area contributed by atoms with Crippen molar-refractivity contribution in [2.75, 3.05) is 20.8 Å². The van der Waals surface area contributed by atoms with E-state index in [9.17, 15) is 0 Å². The Kier molecular flexibility index (Phi) is 6.08. The maximum absolute atomic E-state index is 6.32. The summed E-state index contributed by atoms with van der Waals surface area (Å²) >= 11 is 15.9. The first-order chi connectivity index (χ1) is 10.1. The van der Waals surface area contributed by atoms with Crippen molar-refractivity contribution in [1.29, 1.82) is 0 Å². The first-order valence-electron chi connectivity index (χ1n) is 6.40. The van der Waals surface area contributed by atoms with Crippen LogP contribution >= 0.6 is 39.1 Å². The lowest BCUT2D eigenvalue weighted by molar-refractivity contribution is 0.182. The lowest BCUT2D eigenvalue weighted by atomic mass is 10.0. The number of ether oxygens (including phenoxy) is 1. The summed E-state index contributed by atoms with van der Waals surface area (Å²) < 4.78 is 7.88. The van der Waals surface area contributed by atoms with E-state index in [1.807, 2.05) is 29.9 Å². The van der Waals surface area contributed by atoms with Crippen LogP contribution in [0, 0.1) is 0 Å². The molecule has 0 aliphatic rings. The van der Waals surface area contributed by atoms with Crippen LogP contribution < -0.4 is 5.32 Å². The summed E-state index contributed by atoms with van der Waals surface area (Å²) in [6, 6.07) is 5.67. The van der Waals surface area contributed by atoms with Gasteiger partial charge in [-0.1, -0.05) is 39.1 Å². The Morgan fingerprint density at radius 1 is 1.38 bits per heavy atom. The smallest absolute Gasteiger partial charge is 0.0837 e. The second-order valence-electron chi connectivity index (χ2n) is 4.52. The highest BCUT2D eigenvalue weighted by molar-refractivity contribution is 9.10. The molecule has 1 heterocycles. The van der Waals surface area contributed by atoms with Crippen molar-refractivity contribution < 1.29 is 4.74 Å². The van der Waals surface area contributed by atoms with Crippen LogP contribution in [0.3, 0.4) is 0 Å². The number of rotatable bonds is 6. The first-order valence-corrected chi connectivity index (χ1v) is 7.95. The molecule has 1 aromatic carbocycles. The summed E-state index contributed by atoms with van der Waals surface area (Å²) in [7, 11) is 3.54. The molecule has 1 atom stereocenters. The van der Waals surface area contributed by atoms with E-state index in [4.69, 9.17) is 27.9 Å². The third kappa shape index (κ3) is 3.99. The number of nitrogens with zero attached hydrogens (tertiary/aromatic N) is 2. The van der Waals surface area contributed by atoms with E-state index in [0.717, 1.165) is 15.7 Å². The number of hydrogen-bond donors (Lipinski definition) is 1. The molecule has 0 saturated carbocycles. The summed E-state index contributed by atoms with van der Waals surface area (Å²) in [5.74, 6) is 0. The molecule has 0 amide bonds. The van der Waals surface area contributed by atoms with Crippen LogP contribution in [0.5, 0.6) is 0 Å². The summed E-state index contributed by atoms with van der Waals surface area (Å²) in [5, 5.41) is 8.86. The fourth-order valence-electron chi connectivity index (χ4n) is 2.22. The molecule has 0 aliphatic heterocycles. The van der Waals surface area contributed by atoms with Crippen molar-refractivity contribution in [3.8, 4) is 0 Å². The average molecular weight is 393 g/mol. The molecular weight excluding hydrogens is 377 g/mol. The van der Waals surface area contributed by atoms with Crippen LogP contribution in [0.15, 0.2) is 28.9 Å². The van der Waals surface area contributed by atoms with Gasteiger partial charge >= 0.3 is 0 Å². The second-order valence-corrected chi connectivity index (χ2v) is 6.28. The van der Waals surface area contributed by atoms with Gasteiger partial charge in [-0.05, 0) is 30.8 Å². The molecule has 0 aliphatic carbocycles. The van der Waals surface area contributed by atoms with Crippen molar-refractivity contribution in [1.82, 2.24) is 15.1 Å². The van der Waals surface area contributed by atoms with Crippen molar-refractivity contribution in [3.05, 3.63) is 50.2 Å².